The van der Waals surface area contributed by atoms with Crippen LogP contribution in [0.2, 0.25) is 0 Å². The Bertz CT molecular complexity index is 436. The zero-order valence-electron chi connectivity index (χ0n) is 22.9. The van der Waals surface area contributed by atoms with Gasteiger partial charge in [0, 0.05) is 13.0 Å². The summed E-state index contributed by atoms with van der Waals surface area (Å²) in [6.45, 7) is 5.12. The maximum absolute atomic E-state index is 11.6. The van der Waals surface area contributed by atoms with Crippen molar-refractivity contribution in [3.8, 4) is 0 Å². The molecule has 34 heavy (non-hydrogen) atoms. The molecule has 0 aliphatic heterocycles. The highest BCUT2D eigenvalue weighted by Gasteiger charge is 2.13. The Morgan fingerprint density at radius 1 is 0.676 bits per heavy atom. The number of ether oxygens (including phenoxy) is 2. The number of carbonyl (C=O) groups excluding carboxylic acids is 1. The van der Waals surface area contributed by atoms with E-state index in [9.17, 15) is 9.90 Å². The van der Waals surface area contributed by atoms with Crippen molar-refractivity contribution in [1.82, 2.24) is 0 Å². The molecule has 0 aromatic rings. The van der Waals surface area contributed by atoms with Crippen LogP contribution in [0, 0.1) is 0 Å². The van der Waals surface area contributed by atoms with Gasteiger partial charge in [-0.15, -0.1) is 0 Å². The Balaban J connectivity index is 3.27. The topological polar surface area (TPSA) is 55.8 Å². The second-order valence-electron chi connectivity index (χ2n) is 9.82. The number of allylic oxidation sites excluding steroid dienone is 2. The van der Waals surface area contributed by atoms with Crippen molar-refractivity contribution < 1.29 is 19.4 Å². The van der Waals surface area contributed by atoms with Crippen molar-refractivity contribution in [2.45, 2.75) is 155 Å². The Hall–Kier alpha value is -0.870. The van der Waals surface area contributed by atoms with E-state index in [1.165, 1.54) is 109 Å². The highest BCUT2D eigenvalue weighted by molar-refractivity contribution is 5.69. The minimum atomic E-state index is -0.523. The number of aliphatic hydroxyl groups excluding tert-OH is 1. The Kier molecular flexibility index (Phi) is 27.6. The Morgan fingerprint density at radius 3 is 1.65 bits per heavy atom. The first-order chi connectivity index (χ1) is 16.7. The fourth-order valence-corrected chi connectivity index (χ4v) is 4.06. The first-order valence-electron chi connectivity index (χ1n) is 14.8. The monoisotopic (exact) mass is 482 g/mol. The van der Waals surface area contributed by atoms with Crippen LogP contribution in [0.1, 0.15) is 149 Å². The maximum atomic E-state index is 11.6. The molecule has 0 saturated carbocycles. The first kappa shape index (κ1) is 33.1. The predicted octanol–water partition coefficient (Wildman–Crippen LogP) is 8.70. The van der Waals surface area contributed by atoms with E-state index < -0.39 is 6.10 Å². The van der Waals surface area contributed by atoms with Crippen molar-refractivity contribution in [1.29, 1.82) is 0 Å². The van der Waals surface area contributed by atoms with Gasteiger partial charge in [-0.1, -0.05) is 116 Å². The van der Waals surface area contributed by atoms with E-state index in [-0.39, 0.29) is 12.6 Å². The standard InChI is InChI=1S/C30H58O4/c1-3-5-7-8-9-10-11-12-13-14-15-16-17-18-19-20-21-22-23-24-26-33-28-29(27-31)34-30(32)25-6-4-2/h12-13,29,31H,3-11,14-28H2,1-2H3/b13-12-. The van der Waals surface area contributed by atoms with E-state index >= 15 is 0 Å². The molecule has 0 aromatic carbocycles. The third-order valence-electron chi connectivity index (χ3n) is 6.34. The Labute approximate surface area is 212 Å². The molecule has 0 saturated heterocycles. The van der Waals surface area contributed by atoms with Gasteiger partial charge in [-0.05, 0) is 38.5 Å². The van der Waals surface area contributed by atoms with Crippen LogP contribution < -0.4 is 0 Å². The highest BCUT2D eigenvalue weighted by atomic mass is 16.6. The SMILES string of the molecule is CCCCCCCC/C=C\CCCCCCCCCCCCOCC(CO)OC(=O)CCCC. The van der Waals surface area contributed by atoms with Crippen LogP contribution in [0.15, 0.2) is 12.2 Å². The number of carbonyl (C=O) groups is 1. The minimum Gasteiger partial charge on any atom is -0.457 e. The first-order valence-corrected chi connectivity index (χ1v) is 14.8. The fraction of sp³-hybridized carbons (Fsp3) is 0.900. The second-order valence-corrected chi connectivity index (χ2v) is 9.82. The third-order valence-corrected chi connectivity index (χ3v) is 6.34. The van der Waals surface area contributed by atoms with E-state index in [2.05, 4.69) is 19.1 Å². The summed E-state index contributed by atoms with van der Waals surface area (Å²) < 4.78 is 10.8. The van der Waals surface area contributed by atoms with E-state index in [0.717, 1.165) is 19.3 Å². The van der Waals surface area contributed by atoms with Gasteiger partial charge in [0.2, 0.25) is 0 Å². The lowest BCUT2D eigenvalue weighted by molar-refractivity contribution is -0.154. The number of hydrogen-bond acceptors (Lipinski definition) is 4. The van der Waals surface area contributed by atoms with E-state index in [1.807, 2.05) is 6.92 Å². The molecule has 0 radical (unpaired) electrons. The summed E-state index contributed by atoms with van der Waals surface area (Å²) in [4.78, 5) is 11.6. The van der Waals surface area contributed by atoms with Crippen LogP contribution >= 0.6 is 0 Å². The summed E-state index contributed by atoms with van der Waals surface area (Å²) in [6, 6.07) is 0. The molecule has 0 aromatic heterocycles. The second kappa shape index (κ2) is 28.4. The number of rotatable bonds is 27. The molecular formula is C30H58O4. The van der Waals surface area contributed by atoms with Gasteiger partial charge in [0.05, 0.1) is 13.2 Å². The van der Waals surface area contributed by atoms with Gasteiger partial charge in [-0.2, -0.15) is 0 Å². The number of unbranched alkanes of at least 4 members (excludes halogenated alkanes) is 17. The summed E-state index contributed by atoms with van der Waals surface area (Å²) in [5.41, 5.74) is 0. The molecule has 0 heterocycles. The molecule has 0 fully saturated rings. The molecule has 4 heteroatoms. The van der Waals surface area contributed by atoms with Crippen molar-refractivity contribution in [3.63, 3.8) is 0 Å². The van der Waals surface area contributed by atoms with Gasteiger partial charge in [0.25, 0.3) is 0 Å². The number of hydrogen-bond donors (Lipinski definition) is 1. The molecular weight excluding hydrogens is 424 g/mol. The Morgan fingerprint density at radius 2 is 1.15 bits per heavy atom. The molecule has 202 valence electrons. The lowest BCUT2D eigenvalue weighted by Gasteiger charge is -2.15. The van der Waals surface area contributed by atoms with Gasteiger partial charge in [0.15, 0.2) is 0 Å². The average molecular weight is 483 g/mol. The van der Waals surface area contributed by atoms with Gasteiger partial charge in [-0.3, -0.25) is 4.79 Å². The molecule has 0 amide bonds. The lowest BCUT2D eigenvalue weighted by atomic mass is 10.1. The summed E-state index contributed by atoms with van der Waals surface area (Å²) in [5, 5.41) is 9.31. The summed E-state index contributed by atoms with van der Waals surface area (Å²) >= 11 is 0. The fourth-order valence-electron chi connectivity index (χ4n) is 4.06. The number of aliphatic hydroxyl groups is 1. The van der Waals surface area contributed by atoms with Crippen molar-refractivity contribution in [3.05, 3.63) is 12.2 Å². The molecule has 0 aliphatic carbocycles. The van der Waals surface area contributed by atoms with Gasteiger partial charge >= 0.3 is 5.97 Å². The smallest absolute Gasteiger partial charge is 0.306 e. The molecule has 1 atom stereocenters. The summed E-state index contributed by atoms with van der Waals surface area (Å²) in [5.74, 6) is -0.236. The molecule has 1 unspecified atom stereocenters. The van der Waals surface area contributed by atoms with Crippen LogP contribution in [0.4, 0.5) is 0 Å². The average Bonchev–Trinajstić information content (AvgIpc) is 2.85. The van der Waals surface area contributed by atoms with Crippen molar-refractivity contribution >= 4 is 5.97 Å². The molecule has 0 spiro atoms. The summed E-state index contributed by atoms with van der Waals surface area (Å²) in [6.07, 6.45) is 30.4. The largest absolute Gasteiger partial charge is 0.457 e. The van der Waals surface area contributed by atoms with Gasteiger partial charge in [-0.25, -0.2) is 0 Å². The molecule has 0 aliphatic rings. The van der Waals surface area contributed by atoms with Crippen LogP contribution in [0.25, 0.3) is 0 Å². The summed E-state index contributed by atoms with van der Waals surface area (Å²) in [7, 11) is 0. The van der Waals surface area contributed by atoms with Gasteiger partial charge < -0.3 is 14.6 Å². The third kappa shape index (κ3) is 25.7. The maximum Gasteiger partial charge on any atom is 0.306 e. The molecule has 0 rings (SSSR count). The van der Waals surface area contributed by atoms with Crippen LogP contribution in [0.3, 0.4) is 0 Å². The van der Waals surface area contributed by atoms with E-state index in [0.29, 0.717) is 19.6 Å². The normalized spacial score (nSPS) is 12.4. The van der Waals surface area contributed by atoms with Gasteiger partial charge in [0.1, 0.15) is 6.10 Å². The quantitative estimate of drug-likeness (QED) is 0.0722. The predicted molar refractivity (Wildman–Crippen MR) is 145 cm³/mol. The zero-order valence-corrected chi connectivity index (χ0v) is 22.9. The highest BCUT2D eigenvalue weighted by Crippen LogP contribution is 2.12. The number of esters is 1. The zero-order chi connectivity index (χ0) is 25.0. The van der Waals surface area contributed by atoms with Crippen LogP contribution in [-0.4, -0.2) is 37.0 Å². The van der Waals surface area contributed by atoms with Crippen LogP contribution in [-0.2, 0) is 14.3 Å². The van der Waals surface area contributed by atoms with Crippen LogP contribution in [0.5, 0.6) is 0 Å². The molecule has 1 N–H and O–H groups in total. The van der Waals surface area contributed by atoms with Crippen molar-refractivity contribution in [2.24, 2.45) is 0 Å². The minimum absolute atomic E-state index is 0.173. The lowest BCUT2D eigenvalue weighted by Crippen LogP contribution is -2.27. The molecule has 0 bridgehead atoms. The molecule has 4 nitrogen and oxygen atoms in total. The van der Waals surface area contributed by atoms with Crippen molar-refractivity contribution in [2.75, 3.05) is 19.8 Å². The van der Waals surface area contributed by atoms with E-state index in [1.54, 1.807) is 0 Å². The van der Waals surface area contributed by atoms with E-state index in [4.69, 9.17) is 9.47 Å².